The Balaban J connectivity index is 2.30. The second-order valence-corrected chi connectivity index (χ2v) is 4.70. The van der Waals surface area contributed by atoms with Crippen LogP contribution in [-0.2, 0) is 11.2 Å². The van der Waals surface area contributed by atoms with Crippen LogP contribution in [0.4, 0.5) is 0 Å². The average molecular weight is 259 g/mol. The molecule has 0 aliphatic heterocycles. The first kappa shape index (κ1) is 13.3. The van der Waals surface area contributed by atoms with Gasteiger partial charge in [-0.2, -0.15) is 0 Å². The Hall–Kier alpha value is -2.17. The maximum absolute atomic E-state index is 10.6. The van der Waals surface area contributed by atoms with Crippen LogP contribution < -0.4 is 0 Å². The summed E-state index contributed by atoms with van der Waals surface area (Å²) in [6.07, 6.45) is 0.485. The van der Waals surface area contributed by atoms with E-state index in [0.29, 0.717) is 6.42 Å². The standard InChI is InChI=1S/C14H17N3O2/c1-9-4-5-12(8-10(9)2)17-11(3)13(15-16-17)6-7-14(18)19/h4-5,8H,6-7H2,1-3H3,(H,18,19). The number of hydrogen-bond donors (Lipinski definition) is 1. The molecule has 1 heterocycles. The summed E-state index contributed by atoms with van der Waals surface area (Å²) in [6, 6.07) is 6.09. The van der Waals surface area contributed by atoms with Gasteiger partial charge in [0.25, 0.3) is 0 Å². The van der Waals surface area contributed by atoms with E-state index in [2.05, 4.69) is 30.2 Å². The number of aryl methyl sites for hydroxylation is 3. The van der Waals surface area contributed by atoms with Crippen LogP contribution in [0.1, 0.15) is 28.9 Å². The third-order valence-electron chi connectivity index (χ3n) is 3.30. The highest BCUT2D eigenvalue weighted by molar-refractivity contribution is 5.67. The van der Waals surface area contributed by atoms with Crippen molar-refractivity contribution in [2.24, 2.45) is 0 Å². The second kappa shape index (κ2) is 5.22. The molecule has 2 rings (SSSR count). The first-order chi connectivity index (χ1) is 8.99. The molecule has 0 aliphatic rings. The molecule has 0 saturated carbocycles. The van der Waals surface area contributed by atoms with Gasteiger partial charge in [0.05, 0.1) is 23.5 Å². The summed E-state index contributed by atoms with van der Waals surface area (Å²) >= 11 is 0. The molecule has 2 aromatic rings. The molecule has 5 heteroatoms. The lowest BCUT2D eigenvalue weighted by atomic mass is 10.1. The lowest BCUT2D eigenvalue weighted by molar-refractivity contribution is -0.136. The van der Waals surface area contributed by atoms with Crippen LogP contribution in [0.5, 0.6) is 0 Å². The van der Waals surface area contributed by atoms with Gasteiger partial charge in [0, 0.05) is 6.42 Å². The second-order valence-electron chi connectivity index (χ2n) is 4.70. The third kappa shape index (κ3) is 2.81. The first-order valence-corrected chi connectivity index (χ1v) is 6.19. The topological polar surface area (TPSA) is 68.0 Å². The van der Waals surface area contributed by atoms with E-state index in [1.807, 2.05) is 19.1 Å². The number of rotatable bonds is 4. The highest BCUT2D eigenvalue weighted by Crippen LogP contribution is 2.16. The number of benzene rings is 1. The van der Waals surface area contributed by atoms with Gasteiger partial charge in [0.15, 0.2) is 0 Å². The van der Waals surface area contributed by atoms with E-state index in [1.165, 1.54) is 11.1 Å². The van der Waals surface area contributed by atoms with Gasteiger partial charge in [0.1, 0.15) is 0 Å². The van der Waals surface area contributed by atoms with E-state index in [9.17, 15) is 4.79 Å². The van der Waals surface area contributed by atoms with E-state index in [4.69, 9.17) is 5.11 Å². The summed E-state index contributed by atoms with van der Waals surface area (Å²) < 4.78 is 1.75. The average Bonchev–Trinajstić information content (AvgIpc) is 2.72. The predicted octanol–water partition coefficient (Wildman–Crippen LogP) is 2.21. The van der Waals surface area contributed by atoms with Crippen molar-refractivity contribution in [1.29, 1.82) is 0 Å². The summed E-state index contributed by atoms with van der Waals surface area (Å²) in [5.74, 6) is -0.819. The number of aromatic nitrogens is 3. The van der Waals surface area contributed by atoms with Crippen molar-refractivity contribution in [1.82, 2.24) is 15.0 Å². The van der Waals surface area contributed by atoms with Crippen molar-refractivity contribution >= 4 is 5.97 Å². The number of nitrogens with zero attached hydrogens (tertiary/aromatic N) is 3. The summed E-state index contributed by atoms with van der Waals surface area (Å²) in [7, 11) is 0. The Labute approximate surface area is 111 Å². The Morgan fingerprint density at radius 2 is 2.00 bits per heavy atom. The van der Waals surface area contributed by atoms with Crippen LogP contribution in [0.3, 0.4) is 0 Å². The van der Waals surface area contributed by atoms with Crippen LogP contribution in [0.15, 0.2) is 18.2 Å². The zero-order chi connectivity index (χ0) is 14.0. The lowest BCUT2D eigenvalue weighted by Crippen LogP contribution is -2.02. The fourth-order valence-corrected chi connectivity index (χ4v) is 1.92. The van der Waals surface area contributed by atoms with Crippen LogP contribution in [0.25, 0.3) is 5.69 Å². The van der Waals surface area contributed by atoms with Crippen molar-refractivity contribution < 1.29 is 9.90 Å². The molecule has 19 heavy (non-hydrogen) atoms. The molecular formula is C14H17N3O2. The molecule has 0 aliphatic carbocycles. The molecule has 0 spiro atoms. The van der Waals surface area contributed by atoms with Gasteiger partial charge in [-0.15, -0.1) is 5.10 Å². The number of hydrogen-bond acceptors (Lipinski definition) is 3. The minimum Gasteiger partial charge on any atom is -0.481 e. The van der Waals surface area contributed by atoms with Gasteiger partial charge in [-0.05, 0) is 44.0 Å². The first-order valence-electron chi connectivity index (χ1n) is 6.19. The lowest BCUT2D eigenvalue weighted by Gasteiger charge is -2.06. The Morgan fingerprint density at radius 1 is 1.26 bits per heavy atom. The fraction of sp³-hybridized carbons (Fsp3) is 0.357. The monoisotopic (exact) mass is 259 g/mol. The van der Waals surface area contributed by atoms with Crippen molar-refractivity contribution in [3.8, 4) is 5.69 Å². The van der Waals surface area contributed by atoms with E-state index in [0.717, 1.165) is 17.1 Å². The third-order valence-corrected chi connectivity index (χ3v) is 3.30. The summed E-state index contributed by atoms with van der Waals surface area (Å²) in [5.41, 5.74) is 5.01. The highest BCUT2D eigenvalue weighted by atomic mass is 16.4. The Bertz CT molecular complexity index is 617. The van der Waals surface area contributed by atoms with E-state index < -0.39 is 5.97 Å². The van der Waals surface area contributed by atoms with Gasteiger partial charge in [-0.1, -0.05) is 11.3 Å². The summed E-state index contributed by atoms with van der Waals surface area (Å²) in [6.45, 7) is 6.02. The summed E-state index contributed by atoms with van der Waals surface area (Å²) in [4.78, 5) is 10.6. The maximum Gasteiger partial charge on any atom is 0.303 e. The molecule has 0 unspecified atom stereocenters. The SMILES string of the molecule is Cc1ccc(-n2nnc(CCC(=O)O)c2C)cc1C. The molecule has 1 N–H and O–H groups in total. The molecule has 0 radical (unpaired) electrons. The Kier molecular flexibility index (Phi) is 3.64. The van der Waals surface area contributed by atoms with E-state index in [1.54, 1.807) is 4.68 Å². The predicted molar refractivity (Wildman–Crippen MR) is 71.5 cm³/mol. The number of aliphatic carboxylic acids is 1. The maximum atomic E-state index is 10.6. The number of carbonyl (C=O) groups is 1. The van der Waals surface area contributed by atoms with Crippen LogP contribution in [0, 0.1) is 20.8 Å². The minimum absolute atomic E-state index is 0.0759. The van der Waals surface area contributed by atoms with Gasteiger partial charge < -0.3 is 5.11 Å². The summed E-state index contributed by atoms with van der Waals surface area (Å²) in [5, 5.41) is 16.9. The van der Waals surface area contributed by atoms with Crippen molar-refractivity contribution in [2.45, 2.75) is 33.6 Å². The minimum atomic E-state index is -0.819. The zero-order valence-corrected chi connectivity index (χ0v) is 11.3. The van der Waals surface area contributed by atoms with Crippen LogP contribution in [-0.4, -0.2) is 26.1 Å². The molecule has 100 valence electrons. The number of carboxylic acid groups (broad SMARTS) is 1. The van der Waals surface area contributed by atoms with Gasteiger partial charge >= 0.3 is 5.97 Å². The normalized spacial score (nSPS) is 10.7. The quantitative estimate of drug-likeness (QED) is 0.914. The number of carboxylic acids is 1. The van der Waals surface area contributed by atoms with E-state index in [-0.39, 0.29) is 6.42 Å². The van der Waals surface area contributed by atoms with Gasteiger partial charge in [-0.25, -0.2) is 4.68 Å². The molecule has 1 aromatic heterocycles. The van der Waals surface area contributed by atoms with Crippen molar-refractivity contribution in [3.63, 3.8) is 0 Å². The van der Waals surface area contributed by atoms with Crippen molar-refractivity contribution in [2.75, 3.05) is 0 Å². The Morgan fingerprint density at radius 3 is 2.63 bits per heavy atom. The largest absolute Gasteiger partial charge is 0.481 e. The van der Waals surface area contributed by atoms with Gasteiger partial charge in [-0.3, -0.25) is 4.79 Å². The molecule has 0 fully saturated rings. The molecule has 0 bridgehead atoms. The molecule has 0 amide bonds. The van der Waals surface area contributed by atoms with Gasteiger partial charge in [0.2, 0.25) is 0 Å². The van der Waals surface area contributed by atoms with Crippen molar-refractivity contribution in [3.05, 3.63) is 40.7 Å². The van der Waals surface area contributed by atoms with E-state index >= 15 is 0 Å². The highest BCUT2D eigenvalue weighted by Gasteiger charge is 2.11. The van der Waals surface area contributed by atoms with Crippen LogP contribution >= 0.6 is 0 Å². The smallest absolute Gasteiger partial charge is 0.303 e. The zero-order valence-electron chi connectivity index (χ0n) is 11.3. The fourth-order valence-electron chi connectivity index (χ4n) is 1.92. The molecule has 1 aromatic carbocycles. The molecule has 0 atom stereocenters. The van der Waals surface area contributed by atoms with Crippen LogP contribution in [0.2, 0.25) is 0 Å². The molecule has 5 nitrogen and oxygen atoms in total. The molecular weight excluding hydrogens is 242 g/mol. The molecule has 0 saturated heterocycles.